The minimum atomic E-state index is -0.377. The van der Waals surface area contributed by atoms with Crippen LogP contribution in [0.2, 0.25) is 0 Å². The van der Waals surface area contributed by atoms with Gasteiger partial charge in [-0.2, -0.15) is 4.98 Å². The van der Waals surface area contributed by atoms with Crippen molar-refractivity contribution in [1.29, 1.82) is 0 Å². The summed E-state index contributed by atoms with van der Waals surface area (Å²) in [6.45, 7) is 8.35. The van der Waals surface area contributed by atoms with E-state index in [0.717, 1.165) is 54.2 Å². The number of likely N-dealkylation sites (N-methyl/N-ethyl adjacent to an activating group) is 1. The molecule has 5 aromatic rings. The van der Waals surface area contributed by atoms with E-state index in [4.69, 9.17) is 9.47 Å². The van der Waals surface area contributed by atoms with Crippen molar-refractivity contribution in [2.75, 3.05) is 48.8 Å². The van der Waals surface area contributed by atoms with Crippen LogP contribution in [0.4, 0.5) is 23.0 Å². The van der Waals surface area contributed by atoms with Crippen LogP contribution in [0.15, 0.2) is 103 Å². The number of amides is 1. The molecule has 4 aromatic carbocycles. The lowest BCUT2D eigenvalue weighted by Gasteiger charge is -2.34. The van der Waals surface area contributed by atoms with Crippen LogP contribution >= 0.6 is 0 Å². The van der Waals surface area contributed by atoms with Crippen LogP contribution in [-0.2, 0) is 6.61 Å². The molecule has 2 heterocycles. The number of benzene rings is 4. The largest absolute Gasteiger partial charge is 0.485 e. The molecular formula is C37H38N6O3. The second-order valence-electron chi connectivity index (χ2n) is 11.4. The van der Waals surface area contributed by atoms with Crippen LogP contribution in [0.25, 0.3) is 0 Å². The minimum absolute atomic E-state index is 0.103. The van der Waals surface area contributed by atoms with Gasteiger partial charge in [0.1, 0.15) is 12.2 Å². The van der Waals surface area contributed by atoms with Crippen molar-refractivity contribution in [3.8, 4) is 17.4 Å². The van der Waals surface area contributed by atoms with E-state index in [2.05, 4.69) is 49.6 Å². The van der Waals surface area contributed by atoms with Crippen molar-refractivity contribution < 1.29 is 14.3 Å². The summed E-state index contributed by atoms with van der Waals surface area (Å²) in [5, 5.41) is 6.30. The van der Waals surface area contributed by atoms with Crippen LogP contribution in [0.5, 0.6) is 17.4 Å². The Morgan fingerprint density at radius 3 is 2.20 bits per heavy atom. The number of anilines is 4. The van der Waals surface area contributed by atoms with E-state index in [1.54, 1.807) is 6.07 Å². The number of nitrogens with one attached hydrogen (secondary N) is 2. The standard InChI is InChI=1S/C37H38N6O3/c1-26-10-9-11-27(2)34(26)40-35(44)31-24-38-37(39-29-16-18-30(19-17-29)43-22-20-42(3)21-23-43)41-36(31)46-33-15-8-7-14-32(33)45-25-28-12-5-4-6-13-28/h4-19,24H,20-23,25H2,1-3H3,(H,40,44)(H,38,39,41). The highest BCUT2D eigenvalue weighted by atomic mass is 16.5. The number of piperazine rings is 1. The van der Waals surface area contributed by atoms with Crippen LogP contribution < -0.4 is 25.0 Å². The summed E-state index contributed by atoms with van der Waals surface area (Å²) in [5.41, 5.74) is 5.86. The van der Waals surface area contributed by atoms with Crippen LogP contribution in [0.1, 0.15) is 27.0 Å². The molecule has 1 fully saturated rings. The Kier molecular flexibility index (Phi) is 9.40. The molecule has 0 aliphatic carbocycles. The number of carbonyl (C=O) groups excluding carboxylic acids is 1. The molecule has 0 radical (unpaired) electrons. The van der Waals surface area contributed by atoms with Crippen LogP contribution in [0.3, 0.4) is 0 Å². The molecule has 0 atom stereocenters. The quantitative estimate of drug-likeness (QED) is 0.171. The van der Waals surface area contributed by atoms with Gasteiger partial charge in [0, 0.05) is 49.4 Å². The summed E-state index contributed by atoms with van der Waals surface area (Å²) in [6, 6.07) is 31.3. The Morgan fingerprint density at radius 1 is 0.804 bits per heavy atom. The molecule has 0 saturated carbocycles. The first-order valence-corrected chi connectivity index (χ1v) is 15.4. The first-order valence-electron chi connectivity index (χ1n) is 15.4. The van der Waals surface area contributed by atoms with Crippen molar-refractivity contribution in [2.24, 2.45) is 0 Å². The van der Waals surface area contributed by atoms with Crippen molar-refractivity contribution >= 4 is 28.9 Å². The van der Waals surface area contributed by atoms with E-state index in [-0.39, 0.29) is 17.4 Å². The van der Waals surface area contributed by atoms with Gasteiger partial charge in [0.15, 0.2) is 11.5 Å². The first kappa shape index (κ1) is 30.6. The summed E-state index contributed by atoms with van der Waals surface area (Å²) >= 11 is 0. The van der Waals surface area contributed by atoms with Gasteiger partial charge in [0.25, 0.3) is 5.91 Å². The number of hydrogen-bond acceptors (Lipinski definition) is 8. The lowest BCUT2D eigenvalue weighted by molar-refractivity contribution is 0.102. The van der Waals surface area contributed by atoms with Gasteiger partial charge < -0.3 is 29.9 Å². The molecule has 1 amide bonds. The SMILES string of the molecule is Cc1cccc(C)c1NC(=O)c1cnc(Nc2ccc(N3CCN(C)CC3)cc2)nc1Oc1ccccc1OCc1ccccc1. The lowest BCUT2D eigenvalue weighted by atomic mass is 10.1. The van der Waals surface area contributed by atoms with Crippen LogP contribution in [-0.4, -0.2) is 54.0 Å². The average molecular weight is 615 g/mol. The van der Waals surface area contributed by atoms with E-state index >= 15 is 0 Å². The number of hydrogen-bond donors (Lipinski definition) is 2. The predicted molar refractivity (Wildman–Crippen MR) is 183 cm³/mol. The van der Waals surface area contributed by atoms with Gasteiger partial charge in [-0.1, -0.05) is 60.7 Å². The summed E-state index contributed by atoms with van der Waals surface area (Å²) in [4.78, 5) is 27.6. The smallest absolute Gasteiger partial charge is 0.262 e. The third-order valence-corrected chi connectivity index (χ3v) is 8.00. The van der Waals surface area contributed by atoms with Gasteiger partial charge in [-0.3, -0.25) is 4.79 Å². The Labute approximate surface area is 269 Å². The fourth-order valence-corrected chi connectivity index (χ4v) is 5.29. The molecule has 1 saturated heterocycles. The van der Waals surface area contributed by atoms with Gasteiger partial charge in [-0.15, -0.1) is 0 Å². The number of aryl methyl sites for hydroxylation is 2. The highest BCUT2D eigenvalue weighted by molar-refractivity contribution is 6.06. The van der Waals surface area contributed by atoms with E-state index in [9.17, 15) is 4.79 Å². The number of rotatable bonds is 10. The van der Waals surface area contributed by atoms with E-state index < -0.39 is 0 Å². The fraction of sp³-hybridized carbons (Fsp3) is 0.216. The number of carbonyl (C=O) groups is 1. The van der Waals surface area contributed by atoms with Gasteiger partial charge in [-0.25, -0.2) is 4.98 Å². The molecular weight excluding hydrogens is 576 g/mol. The zero-order valence-electron chi connectivity index (χ0n) is 26.4. The summed E-state index contributed by atoms with van der Waals surface area (Å²) in [7, 11) is 2.15. The molecule has 2 N–H and O–H groups in total. The van der Waals surface area contributed by atoms with Crippen LogP contribution in [0, 0.1) is 13.8 Å². The van der Waals surface area contributed by atoms with E-state index in [1.165, 1.54) is 11.9 Å². The molecule has 1 aromatic heterocycles. The summed E-state index contributed by atoms with van der Waals surface area (Å²) < 4.78 is 12.5. The number of aromatic nitrogens is 2. The van der Waals surface area contributed by atoms with Crippen molar-refractivity contribution in [3.63, 3.8) is 0 Å². The van der Waals surface area contributed by atoms with Crippen molar-refractivity contribution in [1.82, 2.24) is 14.9 Å². The zero-order chi connectivity index (χ0) is 31.9. The van der Waals surface area contributed by atoms with Gasteiger partial charge in [-0.05, 0) is 74.0 Å². The predicted octanol–water partition coefficient (Wildman–Crippen LogP) is 7.21. The lowest BCUT2D eigenvalue weighted by Crippen LogP contribution is -2.44. The molecule has 1 aliphatic heterocycles. The summed E-state index contributed by atoms with van der Waals surface area (Å²) in [6.07, 6.45) is 1.49. The van der Waals surface area contributed by atoms with Gasteiger partial charge >= 0.3 is 0 Å². The third-order valence-electron chi connectivity index (χ3n) is 8.00. The highest BCUT2D eigenvalue weighted by Crippen LogP contribution is 2.34. The molecule has 9 heteroatoms. The molecule has 9 nitrogen and oxygen atoms in total. The molecule has 234 valence electrons. The number of para-hydroxylation sites is 3. The minimum Gasteiger partial charge on any atom is -0.485 e. The number of ether oxygens (including phenoxy) is 2. The van der Waals surface area contributed by atoms with Crippen molar-refractivity contribution in [3.05, 3.63) is 126 Å². The Morgan fingerprint density at radius 2 is 1.48 bits per heavy atom. The maximum atomic E-state index is 13.7. The second-order valence-corrected chi connectivity index (χ2v) is 11.4. The van der Waals surface area contributed by atoms with Gasteiger partial charge in [0.2, 0.25) is 11.8 Å². The molecule has 0 unspecified atom stereocenters. The first-order chi connectivity index (χ1) is 22.4. The molecule has 0 bridgehead atoms. The fourth-order valence-electron chi connectivity index (χ4n) is 5.29. The zero-order valence-corrected chi connectivity index (χ0v) is 26.4. The maximum absolute atomic E-state index is 13.7. The Bertz CT molecular complexity index is 1770. The van der Waals surface area contributed by atoms with E-state index in [1.807, 2.05) is 92.7 Å². The Balaban J connectivity index is 1.27. The number of nitrogens with zero attached hydrogens (tertiary/aromatic N) is 4. The highest BCUT2D eigenvalue weighted by Gasteiger charge is 2.21. The van der Waals surface area contributed by atoms with Gasteiger partial charge in [0.05, 0.1) is 0 Å². The molecule has 6 rings (SSSR count). The molecule has 0 spiro atoms. The topological polar surface area (TPSA) is 91.9 Å². The second kappa shape index (κ2) is 14.1. The third kappa shape index (κ3) is 7.44. The van der Waals surface area contributed by atoms with E-state index in [0.29, 0.717) is 24.1 Å². The monoisotopic (exact) mass is 614 g/mol. The van der Waals surface area contributed by atoms with Crippen molar-refractivity contribution in [2.45, 2.75) is 20.5 Å². The Hall–Kier alpha value is -5.41. The average Bonchev–Trinajstić information content (AvgIpc) is 3.07. The molecule has 1 aliphatic rings. The summed E-state index contributed by atoms with van der Waals surface area (Å²) in [5.74, 6) is 0.985. The normalized spacial score (nSPS) is 13.2. The molecule has 46 heavy (non-hydrogen) atoms. The maximum Gasteiger partial charge on any atom is 0.262 e.